The standard InChI is InChI=1S/C16H15N3OS/c1-19(2)16-13(11-7-8-21-10-11)9-17-15(18-16)12-5-3-4-6-14(12)20/h3-10,20H,1-2H3. The second kappa shape index (κ2) is 5.54. The summed E-state index contributed by atoms with van der Waals surface area (Å²) in [7, 11) is 3.90. The number of phenols is 1. The number of anilines is 1. The Labute approximate surface area is 127 Å². The third kappa shape index (κ3) is 2.60. The zero-order valence-corrected chi connectivity index (χ0v) is 12.6. The van der Waals surface area contributed by atoms with E-state index in [1.807, 2.05) is 42.7 Å². The smallest absolute Gasteiger partial charge is 0.165 e. The first-order valence-electron chi connectivity index (χ1n) is 6.52. The Balaban J connectivity index is 2.14. The van der Waals surface area contributed by atoms with E-state index in [-0.39, 0.29) is 5.75 Å². The highest BCUT2D eigenvalue weighted by atomic mass is 32.1. The number of para-hydroxylation sites is 1. The maximum atomic E-state index is 9.95. The van der Waals surface area contributed by atoms with Crippen LogP contribution in [0.5, 0.6) is 5.75 Å². The molecule has 1 N–H and O–H groups in total. The fraction of sp³-hybridized carbons (Fsp3) is 0.125. The first-order valence-corrected chi connectivity index (χ1v) is 7.46. The molecule has 0 amide bonds. The summed E-state index contributed by atoms with van der Waals surface area (Å²) >= 11 is 1.64. The van der Waals surface area contributed by atoms with Gasteiger partial charge in [0.1, 0.15) is 11.6 Å². The SMILES string of the molecule is CN(C)c1nc(-c2ccccc2O)ncc1-c1ccsc1. The molecule has 2 aromatic heterocycles. The van der Waals surface area contributed by atoms with Gasteiger partial charge in [0.15, 0.2) is 5.82 Å². The summed E-state index contributed by atoms with van der Waals surface area (Å²) in [5.41, 5.74) is 2.73. The summed E-state index contributed by atoms with van der Waals surface area (Å²) in [5.74, 6) is 1.54. The van der Waals surface area contributed by atoms with Crippen molar-refractivity contribution in [1.82, 2.24) is 9.97 Å². The summed E-state index contributed by atoms with van der Waals surface area (Å²) in [6.45, 7) is 0. The van der Waals surface area contributed by atoms with E-state index in [4.69, 9.17) is 0 Å². The van der Waals surface area contributed by atoms with Crippen LogP contribution in [0.25, 0.3) is 22.5 Å². The Bertz CT molecular complexity index is 754. The van der Waals surface area contributed by atoms with Gasteiger partial charge in [-0.1, -0.05) is 12.1 Å². The highest BCUT2D eigenvalue weighted by Crippen LogP contribution is 2.33. The van der Waals surface area contributed by atoms with E-state index in [0.717, 1.165) is 16.9 Å². The van der Waals surface area contributed by atoms with Crippen LogP contribution in [0, 0.1) is 0 Å². The molecule has 5 heteroatoms. The first kappa shape index (κ1) is 13.6. The molecule has 0 spiro atoms. The molecule has 0 bridgehead atoms. The van der Waals surface area contributed by atoms with E-state index in [2.05, 4.69) is 21.4 Å². The molecule has 3 rings (SSSR count). The van der Waals surface area contributed by atoms with Crippen molar-refractivity contribution in [2.45, 2.75) is 0 Å². The molecule has 0 saturated heterocycles. The van der Waals surface area contributed by atoms with Gasteiger partial charge in [-0.2, -0.15) is 11.3 Å². The van der Waals surface area contributed by atoms with Gasteiger partial charge in [0.2, 0.25) is 0 Å². The highest BCUT2D eigenvalue weighted by Gasteiger charge is 2.14. The van der Waals surface area contributed by atoms with Crippen LogP contribution in [0.1, 0.15) is 0 Å². The van der Waals surface area contributed by atoms with Crippen molar-refractivity contribution < 1.29 is 5.11 Å². The number of nitrogens with zero attached hydrogens (tertiary/aromatic N) is 3. The molecule has 3 aromatic rings. The van der Waals surface area contributed by atoms with Crippen LogP contribution in [0.4, 0.5) is 5.82 Å². The lowest BCUT2D eigenvalue weighted by Gasteiger charge is -2.16. The summed E-state index contributed by atoms with van der Waals surface area (Å²) in [5, 5.41) is 14.1. The molecule has 0 aliphatic carbocycles. The Hall–Kier alpha value is -2.40. The lowest BCUT2D eigenvalue weighted by atomic mass is 10.1. The number of phenolic OH excluding ortho intramolecular Hbond substituents is 1. The number of aromatic hydroxyl groups is 1. The summed E-state index contributed by atoms with van der Waals surface area (Å²) < 4.78 is 0. The minimum Gasteiger partial charge on any atom is -0.507 e. The lowest BCUT2D eigenvalue weighted by molar-refractivity contribution is 0.477. The molecule has 0 aliphatic heterocycles. The molecule has 0 fully saturated rings. The van der Waals surface area contributed by atoms with Crippen LogP contribution in [-0.2, 0) is 0 Å². The van der Waals surface area contributed by atoms with Gasteiger partial charge in [-0.15, -0.1) is 0 Å². The van der Waals surface area contributed by atoms with Gasteiger partial charge >= 0.3 is 0 Å². The number of aromatic nitrogens is 2. The molecule has 0 unspecified atom stereocenters. The molecular formula is C16H15N3OS. The third-order valence-electron chi connectivity index (χ3n) is 3.17. The topological polar surface area (TPSA) is 49.2 Å². The molecule has 106 valence electrons. The van der Waals surface area contributed by atoms with Gasteiger partial charge in [-0.3, -0.25) is 0 Å². The summed E-state index contributed by atoms with van der Waals surface area (Å²) in [6.07, 6.45) is 1.81. The Morgan fingerprint density at radius 3 is 2.57 bits per heavy atom. The van der Waals surface area contributed by atoms with Gasteiger partial charge < -0.3 is 10.0 Å². The predicted octanol–water partition coefficient (Wildman–Crippen LogP) is 3.64. The zero-order chi connectivity index (χ0) is 14.8. The van der Waals surface area contributed by atoms with Gasteiger partial charge in [0, 0.05) is 25.9 Å². The number of rotatable bonds is 3. The predicted molar refractivity (Wildman–Crippen MR) is 86.8 cm³/mol. The number of benzene rings is 1. The van der Waals surface area contributed by atoms with E-state index < -0.39 is 0 Å². The Morgan fingerprint density at radius 1 is 1.10 bits per heavy atom. The largest absolute Gasteiger partial charge is 0.507 e. The van der Waals surface area contributed by atoms with Gasteiger partial charge in [0.05, 0.1) is 5.56 Å². The van der Waals surface area contributed by atoms with Gasteiger partial charge in [-0.05, 0) is 34.5 Å². The normalized spacial score (nSPS) is 10.6. The Morgan fingerprint density at radius 2 is 1.90 bits per heavy atom. The monoisotopic (exact) mass is 297 g/mol. The zero-order valence-electron chi connectivity index (χ0n) is 11.8. The maximum Gasteiger partial charge on any atom is 0.165 e. The van der Waals surface area contributed by atoms with E-state index in [0.29, 0.717) is 11.4 Å². The van der Waals surface area contributed by atoms with Crippen LogP contribution in [0.2, 0.25) is 0 Å². The van der Waals surface area contributed by atoms with Gasteiger partial charge in [0.25, 0.3) is 0 Å². The molecule has 0 aliphatic rings. The molecule has 21 heavy (non-hydrogen) atoms. The van der Waals surface area contributed by atoms with Crippen LogP contribution >= 0.6 is 11.3 Å². The van der Waals surface area contributed by atoms with Gasteiger partial charge in [-0.25, -0.2) is 9.97 Å². The quantitative estimate of drug-likeness (QED) is 0.802. The van der Waals surface area contributed by atoms with Crippen molar-refractivity contribution in [1.29, 1.82) is 0 Å². The second-order valence-electron chi connectivity index (χ2n) is 4.85. The maximum absolute atomic E-state index is 9.95. The van der Waals surface area contributed by atoms with E-state index in [1.54, 1.807) is 23.5 Å². The van der Waals surface area contributed by atoms with Crippen molar-refractivity contribution >= 4 is 17.2 Å². The average molecular weight is 297 g/mol. The molecular weight excluding hydrogens is 282 g/mol. The van der Waals surface area contributed by atoms with Crippen LogP contribution in [0.15, 0.2) is 47.3 Å². The summed E-state index contributed by atoms with van der Waals surface area (Å²) in [6, 6.07) is 9.15. The first-order chi connectivity index (χ1) is 10.2. The lowest BCUT2D eigenvalue weighted by Crippen LogP contribution is -2.13. The van der Waals surface area contributed by atoms with E-state index in [1.165, 1.54) is 0 Å². The molecule has 1 aromatic carbocycles. The summed E-state index contributed by atoms with van der Waals surface area (Å²) in [4.78, 5) is 11.0. The Kier molecular flexibility index (Phi) is 3.58. The number of thiophene rings is 1. The molecule has 0 saturated carbocycles. The van der Waals surface area contributed by atoms with Crippen molar-refractivity contribution in [3.05, 3.63) is 47.3 Å². The third-order valence-corrected chi connectivity index (χ3v) is 3.85. The second-order valence-corrected chi connectivity index (χ2v) is 5.63. The van der Waals surface area contributed by atoms with Crippen LogP contribution in [0.3, 0.4) is 0 Å². The number of hydrogen-bond acceptors (Lipinski definition) is 5. The van der Waals surface area contributed by atoms with Crippen molar-refractivity contribution in [2.75, 3.05) is 19.0 Å². The highest BCUT2D eigenvalue weighted by molar-refractivity contribution is 7.08. The number of hydrogen-bond donors (Lipinski definition) is 1. The molecule has 0 atom stereocenters. The van der Waals surface area contributed by atoms with Crippen molar-refractivity contribution in [3.63, 3.8) is 0 Å². The van der Waals surface area contributed by atoms with E-state index in [9.17, 15) is 5.11 Å². The van der Waals surface area contributed by atoms with Crippen molar-refractivity contribution in [2.24, 2.45) is 0 Å². The molecule has 0 radical (unpaired) electrons. The van der Waals surface area contributed by atoms with Crippen molar-refractivity contribution in [3.8, 4) is 28.3 Å². The van der Waals surface area contributed by atoms with Crippen LogP contribution in [-0.4, -0.2) is 29.2 Å². The molecule has 4 nitrogen and oxygen atoms in total. The minimum absolute atomic E-state index is 0.186. The average Bonchev–Trinajstić information content (AvgIpc) is 3.01. The van der Waals surface area contributed by atoms with E-state index >= 15 is 0 Å². The van der Waals surface area contributed by atoms with Crippen LogP contribution < -0.4 is 4.90 Å². The fourth-order valence-corrected chi connectivity index (χ4v) is 2.78. The fourth-order valence-electron chi connectivity index (χ4n) is 2.13. The molecule has 2 heterocycles. The minimum atomic E-state index is 0.186.